The molecule has 0 amide bonds. The summed E-state index contributed by atoms with van der Waals surface area (Å²) in [5, 5.41) is 16.6. The van der Waals surface area contributed by atoms with Gasteiger partial charge in [-0.3, -0.25) is 0 Å². The van der Waals surface area contributed by atoms with Crippen LogP contribution in [0.2, 0.25) is 0 Å². The van der Waals surface area contributed by atoms with E-state index >= 15 is 0 Å². The molecule has 37 heavy (non-hydrogen) atoms. The number of aromatic nitrogens is 1. The Kier molecular flexibility index (Phi) is 7.79. The highest BCUT2D eigenvalue weighted by Crippen LogP contribution is 2.31. The van der Waals surface area contributed by atoms with Gasteiger partial charge >= 0.3 is 5.97 Å². The normalized spacial score (nSPS) is 11.1. The van der Waals surface area contributed by atoms with Crippen molar-refractivity contribution in [3.8, 4) is 22.8 Å². The highest BCUT2D eigenvalue weighted by molar-refractivity contribution is 5.89. The Bertz CT molecular complexity index is 1410. The smallest absolute Gasteiger partial charge is 0.354 e. The van der Waals surface area contributed by atoms with Crippen LogP contribution in [-0.4, -0.2) is 28.4 Å². The lowest BCUT2D eigenvalue weighted by Crippen LogP contribution is -2.21. The highest BCUT2D eigenvalue weighted by Gasteiger charge is 2.17. The van der Waals surface area contributed by atoms with E-state index in [1.807, 2.05) is 35.2 Å². The predicted octanol–water partition coefficient (Wildman–Crippen LogP) is 6.21. The molecule has 0 radical (unpaired) electrons. The van der Waals surface area contributed by atoms with Crippen molar-refractivity contribution in [1.82, 2.24) is 4.98 Å². The molecule has 1 aromatic heterocycles. The maximum absolute atomic E-state index is 13.1. The molecular formula is C27H23FN6O3. The Labute approximate surface area is 212 Å². The molecule has 186 valence electrons. The Morgan fingerprint density at radius 2 is 1.62 bits per heavy atom. The van der Waals surface area contributed by atoms with Gasteiger partial charge in [-0.05, 0) is 72.8 Å². The molecule has 4 aromatic rings. The number of nitrogens with zero attached hydrogens (tertiary/aromatic N) is 4. The van der Waals surface area contributed by atoms with E-state index < -0.39 is 5.97 Å². The molecule has 9 nitrogen and oxygen atoms in total. The summed E-state index contributed by atoms with van der Waals surface area (Å²) < 4.78 is 18.9. The first-order valence-corrected chi connectivity index (χ1v) is 11.2. The SMILES string of the molecule is N=N/C(CCN(c1ccccc1)c1cc(C(=O)O)nc(-c2ccc(Oc3ccc(F)cc3)cc2)c1)=N\N. The summed E-state index contributed by atoms with van der Waals surface area (Å²) in [6, 6.07) is 25.3. The van der Waals surface area contributed by atoms with Crippen molar-refractivity contribution in [1.29, 1.82) is 5.53 Å². The molecule has 0 fully saturated rings. The van der Waals surface area contributed by atoms with E-state index in [-0.39, 0.29) is 23.8 Å². The zero-order chi connectivity index (χ0) is 26.2. The number of carboxylic acids is 1. The van der Waals surface area contributed by atoms with Gasteiger partial charge in [0, 0.05) is 29.9 Å². The van der Waals surface area contributed by atoms with E-state index in [9.17, 15) is 14.3 Å². The summed E-state index contributed by atoms with van der Waals surface area (Å²) in [5.74, 6) is 4.97. The standard InChI is InChI=1S/C27H23FN6O3/c28-19-8-12-23(13-9-19)37-22-10-6-18(7-11-22)24-16-21(17-25(31-24)27(35)36)34(15-14-26(32-29)33-30)20-4-2-1-3-5-20/h1-13,16-17,29H,14-15,30H2,(H,35,36)/b32-29?,33-26-. The van der Waals surface area contributed by atoms with Crippen LogP contribution in [0.25, 0.3) is 11.3 Å². The minimum atomic E-state index is -1.17. The zero-order valence-corrected chi connectivity index (χ0v) is 19.6. The van der Waals surface area contributed by atoms with Gasteiger partial charge in [-0.25, -0.2) is 19.7 Å². The third kappa shape index (κ3) is 6.31. The van der Waals surface area contributed by atoms with Gasteiger partial charge in [0.15, 0.2) is 11.5 Å². The molecule has 0 aliphatic carbocycles. The minimum Gasteiger partial charge on any atom is -0.477 e. The maximum atomic E-state index is 13.1. The molecule has 0 bridgehead atoms. The van der Waals surface area contributed by atoms with Crippen LogP contribution < -0.4 is 15.5 Å². The quantitative estimate of drug-likeness (QED) is 0.0825. The number of anilines is 2. The van der Waals surface area contributed by atoms with Crippen molar-refractivity contribution in [2.45, 2.75) is 6.42 Å². The van der Waals surface area contributed by atoms with Crippen LogP contribution in [0.4, 0.5) is 15.8 Å². The number of pyridine rings is 1. The number of amidine groups is 1. The number of carbonyl (C=O) groups is 1. The molecule has 1 heterocycles. The summed E-state index contributed by atoms with van der Waals surface area (Å²) in [5.41, 5.74) is 9.61. The van der Waals surface area contributed by atoms with Gasteiger partial charge < -0.3 is 20.6 Å². The lowest BCUT2D eigenvalue weighted by molar-refractivity contribution is 0.0690. The van der Waals surface area contributed by atoms with E-state index in [2.05, 4.69) is 15.2 Å². The van der Waals surface area contributed by atoms with Crippen LogP contribution in [0.1, 0.15) is 16.9 Å². The monoisotopic (exact) mass is 498 g/mol. The fraction of sp³-hybridized carbons (Fsp3) is 0.0741. The zero-order valence-electron chi connectivity index (χ0n) is 19.6. The Morgan fingerprint density at radius 3 is 2.22 bits per heavy atom. The molecule has 3 aromatic carbocycles. The van der Waals surface area contributed by atoms with Gasteiger partial charge in [-0.1, -0.05) is 18.2 Å². The molecule has 4 N–H and O–H groups in total. The van der Waals surface area contributed by atoms with Crippen LogP contribution in [0.3, 0.4) is 0 Å². The number of hydrogen-bond acceptors (Lipinski definition) is 7. The number of hydrogen-bond donors (Lipinski definition) is 3. The third-order valence-corrected chi connectivity index (χ3v) is 5.45. The molecule has 0 aliphatic heterocycles. The molecule has 0 atom stereocenters. The fourth-order valence-electron chi connectivity index (χ4n) is 3.64. The van der Waals surface area contributed by atoms with Crippen molar-refractivity contribution in [2.75, 3.05) is 11.4 Å². The molecule has 4 rings (SSSR count). The number of halogens is 1. The first kappa shape index (κ1) is 25.0. The van der Waals surface area contributed by atoms with Crippen molar-refractivity contribution in [3.05, 3.63) is 103 Å². The number of aromatic carboxylic acids is 1. The largest absolute Gasteiger partial charge is 0.477 e. The number of benzene rings is 3. The van der Waals surface area contributed by atoms with E-state index in [0.717, 1.165) is 5.69 Å². The van der Waals surface area contributed by atoms with E-state index in [1.165, 1.54) is 30.3 Å². The van der Waals surface area contributed by atoms with Gasteiger partial charge in [0.2, 0.25) is 0 Å². The van der Waals surface area contributed by atoms with Gasteiger partial charge in [0.05, 0.1) is 5.69 Å². The molecule has 0 saturated carbocycles. The Balaban J connectivity index is 1.69. The van der Waals surface area contributed by atoms with Gasteiger partial charge in [0.25, 0.3) is 0 Å². The lowest BCUT2D eigenvalue weighted by Gasteiger charge is -2.25. The molecule has 0 unspecified atom stereocenters. The third-order valence-electron chi connectivity index (χ3n) is 5.45. The average molecular weight is 499 g/mol. The predicted molar refractivity (Wildman–Crippen MR) is 138 cm³/mol. The van der Waals surface area contributed by atoms with Crippen LogP contribution in [0.5, 0.6) is 11.5 Å². The van der Waals surface area contributed by atoms with Crippen LogP contribution >= 0.6 is 0 Å². The highest BCUT2D eigenvalue weighted by atomic mass is 19.1. The van der Waals surface area contributed by atoms with Crippen molar-refractivity contribution >= 4 is 23.2 Å². The second-order valence-corrected chi connectivity index (χ2v) is 7.88. The summed E-state index contributed by atoms with van der Waals surface area (Å²) in [6.07, 6.45) is 0.268. The van der Waals surface area contributed by atoms with E-state index in [1.54, 1.807) is 30.3 Å². The number of nitrogens with two attached hydrogens (primary N) is 1. The average Bonchev–Trinajstić information content (AvgIpc) is 2.93. The lowest BCUT2D eigenvalue weighted by atomic mass is 10.1. The topological polar surface area (TPSA) is 137 Å². The van der Waals surface area contributed by atoms with Crippen LogP contribution in [0, 0.1) is 11.3 Å². The summed E-state index contributed by atoms with van der Waals surface area (Å²) >= 11 is 0. The molecule has 10 heteroatoms. The van der Waals surface area contributed by atoms with Gasteiger partial charge in [0.1, 0.15) is 17.3 Å². The minimum absolute atomic E-state index is 0.127. The number of para-hydroxylation sites is 1. The number of rotatable bonds is 9. The van der Waals surface area contributed by atoms with E-state index in [4.69, 9.17) is 16.1 Å². The maximum Gasteiger partial charge on any atom is 0.354 e. The second-order valence-electron chi connectivity index (χ2n) is 7.88. The van der Waals surface area contributed by atoms with Crippen molar-refractivity contribution < 1.29 is 19.0 Å². The number of hydrazone groups is 1. The van der Waals surface area contributed by atoms with Crippen LogP contribution in [0.15, 0.2) is 101 Å². The summed E-state index contributed by atoms with van der Waals surface area (Å²) in [7, 11) is 0. The Morgan fingerprint density at radius 1 is 0.973 bits per heavy atom. The Hall–Kier alpha value is -5.12. The van der Waals surface area contributed by atoms with Crippen molar-refractivity contribution in [3.63, 3.8) is 0 Å². The second kappa shape index (κ2) is 11.5. The first-order valence-electron chi connectivity index (χ1n) is 11.2. The number of ether oxygens (including phenoxy) is 1. The number of carboxylic acid groups (broad SMARTS) is 1. The number of nitrogens with one attached hydrogen (secondary N) is 1. The molecule has 0 saturated heterocycles. The van der Waals surface area contributed by atoms with Crippen LogP contribution in [-0.2, 0) is 0 Å². The first-order chi connectivity index (χ1) is 18.0. The molecule has 0 aliphatic rings. The van der Waals surface area contributed by atoms with Gasteiger partial charge in [-0.15, -0.1) is 5.11 Å². The molecular weight excluding hydrogens is 475 g/mol. The fourth-order valence-corrected chi connectivity index (χ4v) is 3.64. The van der Waals surface area contributed by atoms with Crippen molar-refractivity contribution in [2.24, 2.45) is 16.1 Å². The van der Waals surface area contributed by atoms with Gasteiger partial charge in [-0.2, -0.15) is 5.10 Å². The van der Waals surface area contributed by atoms with E-state index in [0.29, 0.717) is 35.0 Å². The summed E-state index contributed by atoms with van der Waals surface area (Å²) in [6.45, 7) is 0.343. The summed E-state index contributed by atoms with van der Waals surface area (Å²) in [4.78, 5) is 18.2. The molecule has 0 spiro atoms.